The molecule has 0 unspecified atom stereocenters. The van der Waals surface area contributed by atoms with Crippen LogP contribution in [0.4, 0.5) is 0 Å². The van der Waals surface area contributed by atoms with E-state index in [0.717, 1.165) is 5.56 Å². The maximum Gasteiger partial charge on any atom is 0.272 e. The Morgan fingerprint density at radius 1 is 1.60 bits per heavy atom. The second kappa shape index (κ2) is 3.98. The Hall–Kier alpha value is -1.42. The van der Waals surface area contributed by atoms with Crippen LogP contribution in [0.3, 0.4) is 0 Å². The van der Waals surface area contributed by atoms with E-state index in [-0.39, 0.29) is 12.0 Å². The number of carbonyl (C=O) groups is 1. The van der Waals surface area contributed by atoms with Crippen molar-refractivity contribution in [3.8, 4) is 0 Å². The summed E-state index contributed by atoms with van der Waals surface area (Å²) in [7, 11) is 0. The quantitative estimate of drug-likeness (QED) is 0.732. The molecular formula is C11H14N2O2. The molecular weight excluding hydrogens is 192 g/mol. The number of hydrogen-bond donors (Lipinski definition) is 1. The Kier molecular flexibility index (Phi) is 2.68. The van der Waals surface area contributed by atoms with Gasteiger partial charge in [-0.25, -0.2) is 0 Å². The van der Waals surface area contributed by atoms with E-state index in [9.17, 15) is 9.90 Å². The van der Waals surface area contributed by atoms with Crippen LogP contribution in [0.5, 0.6) is 0 Å². The lowest BCUT2D eigenvalue weighted by atomic mass is 10.2. The third kappa shape index (κ3) is 2.15. The predicted octanol–water partition coefficient (Wildman–Crippen LogP) is 0.597. The molecule has 1 amide bonds. The lowest BCUT2D eigenvalue weighted by Crippen LogP contribution is -2.30. The Labute approximate surface area is 88.6 Å². The molecule has 1 saturated heterocycles. The van der Waals surface area contributed by atoms with Crippen molar-refractivity contribution in [2.24, 2.45) is 0 Å². The normalized spacial score (nSPS) is 20.7. The van der Waals surface area contributed by atoms with Crippen molar-refractivity contribution in [3.05, 3.63) is 29.6 Å². The molecule has 0 radical (unpaired) electrons. The van der Waals surface area contributed by atoms with E-state index < -0.39 is 0 Å². The fourth-order valence-corrected chi connectivity index (χ4v) is 1.68. The molecule has 15 heavy (non-hydrogen) atoms. The van der Waals surface area contributed by atoms with E-state index >= 15 is 0 Å². The number of aliphatic hydroxyl groups is 1. The van der Waals surface area contributed by atoms with Crippen molar-refractivity contribution < 1.29 is 9.90 Å². The van der Waals surface area contributed by atoms with E-state index in [2.05, 4.69) is 4.98 Å². The number of amides is 1. The third-order valence-corrected chi connectivity index (χ3v) is 2.58. The lowest BCUT2D eigenvalue weighted by molar-refractivity contribution is 0.0759. The molecule has 1 aliphatic rings. The number of β-amino-alcohol motifs (C(OH)–C–C–N with tert-alkyl or cyclic N) is 1. The molecule has 80 valence electrons. The molecule has 0 saturated carbocycles. The second-order valence-corrected chi connectivity index (χ2v) is 3.91. The molecule has 4 heteroatoms. The molecule has 4 nitrogen and oxygen atoms in total. The van der Waals surface area contributed by atoms with Gasteiger partial charge in [0.2, 0.25) is 0 Å². The van der Waals surface area contributed by atoms with Crippen molar-refractivity contribution in [2.45, 2.75) is 19.4 Å². The number of rotatable bonds is 1. The molecule has 1 aromatic rings. The molecule has 1 aliphatic heterocycles. The first-order valence-corrected chi connectivity index (χ1v) is 5.07. The van der Waals surface area contributed by atoms with Gasteiger partial charge >= 0.3 is 0 Å². The molecule has 1 N–H and O–H groups in total. The summed E-state index contributed by atoms with van der Waals surface area (Å²) in [5, 5.41) is 9.33. The van der Waals surface area contributed by atoms with Crippen molar-refractivity contribution in [1.82, 2.24) is 9.88 Å². The van der Waals surface area contributed by atoms with Crippen molar-refractivity contribution in [1.29, 1.82) is 0 Å². The van der Waals surface area contributed by atoms with Crippen molar-refractivity contribution in [3.63, 3.8) is 0 Å². The minimum Gasteiger partial charge on any atom is -0.391 e. The van der Waals surface area contributed by atoms with Crippen LogP contribution < -0.4 is 0 Å². The predicted molar refractivity (Wildman–Crippen MR) is 55.5 cm³/mol. The number of aryl methyl sites for hydroxylation is 1. The average Bonchev–Trinajstić information content (AvgIpc) is 2.65. The monoisotopic (exact) mass is 206 g/mol. The molecule has 0 aliphatic carbocycles. The number of aromatic nitrogens is 1. The number of carbonyl (C=O) groups excluding carboxylic acids is 1. The molecule has 0 bridgehead atoms. The zero-order valence-electron chi connectivity index (χ0n) is 8.68. The van der Waals surface area contributed by atoms with Gasteiger partial charge in [-0.05, 0) is 25.0 Å². The zero-order valence-corrected chi connectivity index (χ0v) is 8.68. The summed E-state index contributed by atoms with van der Waals surface area (Å²) < 4.78 is 0. The first-order valence-electron chi connectivity index (χ1n) is 5.07. The summed E-state index contributed by atoms with van der Waals surface area (Å²) in [5.41, 5.74) is 1.49. The molecule has 2 rings (SSSR count). The Bertz CT molecular complexity index is 361. The maximum atomic E-state index is 11.9. The fraction of sp³-hybridized carbons (Fsp3) is 0.455. The minimum absolute atomic E-state index is 0.0912. The van der Waals surface area contributed by atoms with Crippen LogP contribution in [0.1, 0.15) is 22.5 Å². The summed E-state index contributed by atoms with van der Waals surface area (Å²) in [4.78, 5) is 17.6. The van der Waals surface area contributed by atoms with Crippen LogP contribution in [0.15, 0.2) is 18.3 Å². The van der Waals surface area contributed by atoms with Gasteiger partial charge in [-0.1, -0.05) is 6.07 Å². The van der Waals surface area contributed by atoms with E-state index in [0.29, 0.717) is 25.2 Å². The van der Waals surface area contributed by atoms with Crippen molar-refractivity contribution >= 4 is 5.91 Å². The maximum absolute atomic E-state index is 11.9. The Morgan fingerprint density at radius 3 is 2.93 bits per heavy atom. The zero-order chi connectivity index (χ0) is 10.8. The van der Waals surface area contributed by atoms with Gasteiger partial charge in [0.1, 0.15) is 5.69 Å². The number of likely N-dealkylation sites (tertiary alicyclic amines) is 1. The van der Waals surface area contributed by atoms with Gasteiger partial charge in [0, 0.05) is 19.3 Å². The Balaban J connectivity index is 2.11. The van der Waals surface area contributed by atoms with Gasteiger partial charge < -0.3 is 10.0 Å². The van der Waals surface area contributed by atoms with Gasteiger partial charge in [0.15, 0.2) is 0 Å². The standard InChI is InChI=1S/C11H14N2O2/c1-8-2-3-10(12-6-8)11(15)13-5-4-9(14)7-13/h2-3,6,9,14H,4-5,7H2,1H3/t9-/m1/s1. The molecule has 1 fully saturated rings. The summed E-state index contributed by atoms with van der Waals surface area (Å²) in [5.74, 6) is -0.0912. The minimum atomic E-state index is -0.376. The first-order chi connectivity index (χ1) is 7.16. The van der Waals surface area contributed by atoms with Crippen LogP contribution in [0, 0.1) is 6.92 Å². The first kappa shape index (κ1) is 10.1. The third-order valence-electron chi connectivity index (χ3n) is 2.58. The largest absolute Gasteiger partial charge is 0.391 e. The van der Waals surface area contributed by atoms with Gasteiger partial charge in [0.25, 0.3) is 5.91 Å². The molecule has 0 aromatic carbocycles. The molecule has 1 aromatic heterocycles. The highest BCUT2D eigenvalue weighted by Crippen LogP contribution is 2.12. The van der Waals surface area contributed by atoms with Crippen molar-refractivity contribution in [2.75, 3.05) is 13.1 Å². The van der Waals surface area contributed by atoms with Crippen LogP contribution in [-0.2, 0) is 0 Å². The van der Waals surface area contributed by atoms with E-state index in [1.54, 1.807) is 17.2 Å². The SMILES string of the molecule is Cc1ccc(C(=O)N2CC[C@@H](O)C2)nc1. The summed E-state index contributed by atoms with van der Waals surface area (Å²) in [6.07, 6.45) is 1.97. The second-order valence-electron chi connectivity index (χ2n) is 3.91. The number of nitrogens with zero attached hydrogens (tertiary/aromatic N) is 2. The highest BCUT2D eigenvalue weighted by atomic mass is 16.3. The molecule has 0 spiro atoms. The molecule has 1 atom stereocenters. The summed E-state index contributed by atoms with van der Waals surface area (Å²) in [6.45, 7) is 2.98. The number of hydrogen-bond acceptors (Lipinski definition) is 3. The molecule has 2 heterocycles. The van der Waals surface area contributed by atoms with Gasteiger partial charge in [0.05, 0.1) is 6.10 Å². The smallest absolute Gasteiger partial charge is 0.272 e. The van der Waals surface area contributed by atoms with Crippen LogP contribution in [-0.4, -0.2) is 40.1 Å². The van der Waals surface area contributed by atoms with Gasteiger partial charge in [-0.15, -0.1) is 0 Å². The fourth-order valence-electron chi connectivity index (χ4n) is 1.68. The number of pyridine rings is 1. The van der Waals surface area contributed by atoms with Crippen LogP contribution >= 0.6 is 0 Å². The number of aliphatic hydroxyl groups excluding tert-OH is 1. The highest BCUT2D eigenvalue weighted by molar-refractivity contribution is 5.92. The van der Waals surface area contributed by atoms with Gasteiger partial charge in [-0.2, -0.15) is 0 Å². The summed E-state index contributed by atoms with van der Waals surface area (Å²) in [6, 6.07) is 3.59. The van der Waals surface area contributed by atoms with Crippen LogP contribution in [0.2, 0.25) is 0 Å². The average molecular weight is 206 g/mol. The summed E-state index contributed by atoms with van der Waals surface area (Å²) >= 11 is 0. The Morgan fingerprint density at radius 2 is 2.40 bits per heavy atom. The van der Waals surface area contributed by atoms with E-state index in [1.807, 2.05) is 13.0 Å². The van der Waals surface area contributed by atoms with E-state index in [4.69, 9.17) is 0 Å². The van der Waals surface area contributed by atoms with Crippen LogP contribution in [0.25, 0.3) is 0 Å². The highest BCUT2D eigenvalue weighted by Gasteiger charge is 2.25. The lowest BCUT2D eigenvalue weighted by Gasteiger charge is -2.14. The topological polar surface area (TPSA) is 53.4 Å². The van der Waals surface area contributed by atoms with E-state index in [1.165, 1.54) is 0 Å². The van der Waals surface area contributed by atoms with Gasteiger partial charge in [-0.3, -0.25) is 9.78 Å².